The molecule has 3 atom stereocenters. The summed E-state index contributed by atoms with van der Waals surface area (Å²) in [5.74, 6) is -7.99. The fraction of sp³-hybridized carbons (Fsp3) is 0.404. The lowest BCUT2D eigenvalue weighted by Gasteiger charge is -2.21. The second-order valence-corrected chi connectivity index (χ2v) is 19.6. The van der Waals surface area contributed by atoms with E-state index in [1.165, 1.54) is 31.3 Å². The van der Waals surface area contributed by atoms with Crippen molar-refractivity contribution in [2.24, 2.45) is 17.4 Å². The molecule has 0 bridgehead atoms. The van der Waals surface area contributed by atoms with E-state index in [0.29, 0.717) is 30.1 Å². The van der Waals surface area contributed by atoms with Crippen LogP contribution in [0.4, 0.5) is 11.9 Å². The largest absolute Gasteiger partial charge is 0.491 e. The average Bonchev–Trinajstić information content (AvgIpc) is 4.44. The molecule has 1 aromatic carbocycles. The number of anilines is 2. The first-order chi connectivity index (χ1) is 38.6. The second-order valence-electron chi connectivity index (χ2n) is 18.6. The van der Waals surface area contributed by atoms with Crippen molar-refractivity contribution in [3.05, 3.63) is 82.4 Å². The lowest BCUT2D eigenvalue weighted by Crippen LogP contribution is -2.47. The summed E-state index contributed by atoms with van der Waals surface area (Å²) in [6.45, 7) is 7.25. The highest BCUT2D eigenvalue weighted by Crippen LogP contribution is 2.32. The van der Waals surface area contributed by atoms with E-state index in [1.807, 2.05) is 6.92 Å². The summed E-state index contributed by atoms with van der Waals surface area (Å²) in [4.78, 5) is 151. The van der Waals surface area contributed by atoms with E-state index in [-0.39, 0.29) is 114 Å². The molecule has 1 fully saturated rings. The number of amides is 7. The molecule has 0 radical (unpaired) electrons. The van der Waals surface area contributed by atoms with Crippen LogP contribution in [0.2, 0.25) is 0 Å². The Bertz CT molecular complexity index is 3500. The van der Waals surface area contributed by atoms with Crippen LogP contribution in [0.5, 0.6) is 5.75 Å². The molecule has 8 N–H and O–H groups in total. The number of aromatic nitrogens is 7. The number of Topliss-reactive ketones (excluding diaryl/α,β-unsaturated/α-hetero) is 1. The number of ketones is 1. The van der Waals surface area contributed by atoms with Crippen LogP contribution in [0.1, 0.15) is 118 Å². The number of nitrogens with two attached hydrogens (primary N) is 2. The molecule has 6 heterocycles. The number of esters is 1. The lowest BCUT2D eigenvalue weighted by atomic mass is 9.97. The maximum atomic E-state index is 13.8. The summed E-state index contributed by atoms with van der Waals surface area (Å²) in [5.41, 5.74) is 13.2. The number of benzene rings is 1. The number of fused-ring (bicyclic) bond motifs is 2. The Morgan fingerprint density at radius 3 is 2.01 bits per heavy atom. The third kappa shape index (κ3) is 14.1. The van der Waals surface area contributed by atoms with Crippen molar-refractivity contribution in [2.45, 2.75) is 104 Å². The molecule has 1 aliphatic heterocycles. The van der Waals surface area contributed by atoms with Gasteiger partial charge in [0.15, 0.2) is 23.2 Å². The van der Waals surface area contributed by atoms with Crippen molar-refractivity contribution in [2.75, 3.05) is 36.6 Å². The molecule has 1 saturated heterocycles. The molecule has 1 unspecified atom stereocenters. The molecule has 6 aromatic rings. The number of ether oxygens (including phenoxy) is 2. The normalized spacial score (nSPS) is 14.1. The topological polar surface area (TPSA) is 401 Å². The Kier molecular flexibility index (Phi) is 19.1. The third-order valence-electron chi connectivity index (χ3n) is 12.7. The minimum Gasteiger partial charge on any atom is -0.491 e. The van der Waals surface area contributed by atoms with Crippen molar-refractivity contribution in [1.29, 1.82) is 0 Å². The van der Waals surface area contributed by atoms with Crippen LogP contribution < -0.4 is 32.2 Å². The van der Waals surface area contributed by atoms with Gasteiger partial charge in [0.25, 0.3) is 11.8 Å². The minimum absolute atomic E-state index is 0.000163. The van der Waals surface area contributed by atoms with E-state index in [1.54, 1.807) is 48.3 Å². The zero-order valence-corrected chi connectivity index (χ0v) is 45.8. The van der Waals surface area contributed by atoms with Crippen LogP contribution in [0.15, 0.2) is 45.4 Å². The van der Waals surface area contributed by atoms with Gasteiger partial charge < -0.3 is 44.8 Å². The van der Waals surface area contributed by atoms with Gasteiger partial charge in [-0.25, -0.2) is 24.9 Å². The van der Waals surface area contributed by atoms with E-state index >= 15 is 0 Å². The number of hydrogen-bond acceptors (Lipinski definition) is 20. The second kappa shape index (κ2) is 26.1. The van der Waals surface area contributed by atoms with Gasteiger partial charge in [0.1, 0.15) is 23.3 Å². The van der Waals surface area contributed by atoms with Crippen LogP contribution >= 0.6 is 11.8 Å². The maximum absolute atomic E-state index is 13.8. The number of primary amides is 2. The summed E-state index contributed by atoms with van der Waals surface area (Å²) in [6.07, 6.45) is 5.83. The van der Waals surface area contributed by atoms with Crippen molar-refractivity contribution >= 4 is 105 Å². The van der Waals surface area contributed by atoms with Gasteiger partial charge in [-0.15, -0.1) is 0 Å². The number of thioether (sulfide) groups is 1. The first kappa shape index (κ1) is 59.4. The number of hydrogen-bond donors (Lipinski definition) is 6. The van der Waals surface area contributed by atoms with Gasteiger partial charge in [-0.05, 0) is 43.7 Å². The number of carboxylic acid groups (broad SMARTS) is 1. The standard InChI is InChI=1S/C52H59N13O15S/c1-7-30-42(79-26(4)56-30)47(73)61-51-59-33-19-28(44(53)71)21-36(77-16-11-17-78-50(76)25(3)18-35(66)32(12-13-40(69)70)58-38(67)24-65-39(68)22-37(81-6)49(65)75)41(33)63(51)14-9-10-15-64-46-34(20-29(23-55-46)45(54)72)60-52(64)62-48(74)43-31(8-2)57-27(5)80-43/h9-10,19-21,23,25,32,37H,7-8,11-18,22,24H2,1-6H3,(H2,53,71)(H2,54,72)(H,58,67)(H,69,70)(H,59,61,73)(H,60,62,74)/b10-9+/t25-,32+,37?/m1/s1. The number of nitrogens with zero attached hydrogens (tertiary/aromatic N) is 8. The number of rotatable bonds is 28. The summed E-state index contributed by atoms with van der Waals surface area (Å²) >= 11 is 1.16. The van der Waals surface area contributed by atoms with Crippen molar-refractivity contribution in [3.8, 4) is 5.75 Å². The van der Waals surface area contributed by atoms with E-state index in [0.717, 1.165) is 16.7 Å². The van der Waals surface area contributed by atoms with Crippen molar-refractivity contribution in [3.63, 3.8) is 0 Å². The van der Waals surface area contributed by atoms with Gasteiger partial charge >= 0.3 is 11.9 Å². The minimum atomic E-state index is -1.35. The Labute approximate surface area is 465 Å². The molecular weight excluding hydrogens is 1080 g/mol. The van der Waals surface area contributed by atoms with E-state index < -0.39 is 95.7 Å². The molecule has 7 rings (SSSR count). The number of aliphatic carboxylic acids is 1. The summed E-state index contributed by atoms with van der Waals surface area (Å²) < 4.78 is 26.1. The summed E-state index contributed by atoms with van der Waals surface area (Å²) in [7, 11) is 0. The van der Waals surface area contributed by atoms with Crippen LogP contribution in [-0.4, -0.2) is 140 Å². The Morgan fingerprint density at radius 1 is 0.840 bits per heavy atom. The molecule has 0 aliphatic carbocycles. The quantitative estimate of drug-likeness (QED) is 0.0178. The highest BCUT2D eigenvalue weighted by atomic mass is 32.2. The number of pyridine rings is 1. The number of imidazole rings is 2. The van der Waals surface area contributed by atoms with Gasteiger partial charge in [-0.3, -0.25) is 68.0 Å². The summed E-state index contributed by atoms with van der Waals surface area (Å²) in [6, 6.07) is 2.88. The van der Waals surface area contributed by atoms with Gasteiger partial charge in [-0.1, -0.05) is 32.9 Å². The highest BCUT2D eigenvalue weighted by molar-refractivity contribution is 8.00. The number of oxazole rings is 2. The summed E-state index contributed by atoms with van der Waals surface area (Å²) in [5, 5.41) is 16.6. The third-order valence-corrected chi connectivity index (χ3v) is 13.6. The number of carboxylic acids is 1. The van der Waals surface area contributed by atoms with Gasteiger partial charge in [0, 0.05) is 64.4 Å². The van der Waals surface area contributed by atoms with Gasteiger partial charge in [0.2, 0.25) is 53.0 Å². The molecule has 29 heteroatoms. The molecule has 81 heavy (non-hydrogen) atoms. The molecule has 28 nitrogen and oxygen atoms in total. The number of imide groups is 1. The number of carbonyl (C=O) groups is 10. The Morgan fingerprint density at radius 2 is 1.43 bits per heavy atom. The zero-order valence-electron chi connectivity index (χ0n) is 45.0. The zero-order chi connectivity index (χ0) is 58.8. The molecule has 7 amide bonds. The first-order valence-electron chi connectivity index (χ1n) is 25.5. The smallest absolute Gasteiger partial charge is 0.309 e. The van der Waals surface area contributed by atoms with Crippen LogP contribution in [-0.2, 0) is 59.4 Å². The fourth-order valence-electron chi connectivity index (χ4n) is 8.67. The number of aryl methyl sites for hydroxylation is 4. The molecule has 0 saturated carbocycles. The monoisotopic (exact) mass is 1140 g/mol. The van der Waals surface area contributed by atoms with E-state index in [2.05, 4.69) is 40.9 Å². The molecular formula is C52H59N13O15S. The number of nitrogens with one attached hydrogen (secondary N) is 3. The Hall–Kier alpha value is -9.28. The first-order valence-corrected chi connectivity index (χ1v) is 26.8. The average molecular weight is 1140 g/mol. The van der Waals surface area contributed by atoms with Crippen molar-refractivity contribution < 1.29 is 71.4 Å². The maximum Gasteiger partial charge on any atom is 0.309 e. The van der Waals surface area contributed by atoms with Gasteiger partial charge in [0.05, 0.1) is 52.9 Å². The predicted molar refractivity (Wildman–Crippen MR) is 288 cm³/mol. The van der Waals surface area contributed by atoms with Crippen molar-refractivity contribution in [1.82, 2.24) is 44.3 Å². The van der Waals surface area contributed by atoms with E-state index in [4.69, 9.17) is 29.8 Å². The SMILES string of the molecule is CCc1nc(C)oc1C(=O)Nc1nc2cc(C(N)=O)cnc2n1C/C=C/Cn1c(NC(=O)c2oc(C)nc2CC)nc2cc(C(N)=O)cc(OCCCOC(=O)[C@H](C)CC(=O)[C@H](CCC(=O)O)NC(=O)CN3C(=O)CC(SC)C3=O)c21. The van der Waals surface area contributed by atoms with Gasteiger partial charge in [-0.2, -0.15) is 11.8 Å². The number of likely N-dealkylation sites (tertiary alicyclic amines) is 1. The molecule has 5 aromatic heterocycles. The van der Waals surface area contributed by atoms with Crippen LogP contribution in [0, 0.1) is 19.8 Å². The molecule has 0 spiro atoms. The van der Waals surface area contributed by atoms with Crippen LogP contribution in [0.3, 0.4) is 0 Å². The molecule has 1 aliphatic rings. The number of carbonyl (C=O) groups excluding carboxylic acids is 9. The van der Waals surface area contributed by atoms with E-state index in [9.17, 15) is 53.1 Å². The highest BCUT2D eigenvalue weighted by Gasteiger charge is 2.39. The number of allylic oxidation sites excluding steroid dienone is 2. The lowest BCUT2D eigenvalue weighted by molar-refractivity contribution is -0.150. The molecule has 428 valence electrons. The van der Waals surface area contributed by atoms with Crippen LogP contribution in [0.25, 0.3) is 22.2 Å². The Balaban J connectivity index is 1.08. The fourth-order valence-corrected chi connectivity index (χ4v) is 9.31. The predicted octanol–water partition coefficient (Wildman–Crippen LogP) is 3.20.